The molecule has 2 aliphatic rings. The van der Waals surface area contributed by atoms with Crippen LogP contribution in [0.3, 0.4) is 0 Å². The quantitative estimate of drug-likeness (QED) is 0.895. The largest absolute Gasteiger partial charge is 0.338 e. The molecule has 5 nitrogen and oxygen atoms in total. The first kappa shape index (κ1) is 15.3. The molecule has 0 radical (unpaired) electrons. The molecule has 6 heteroatoms. The highest BCUT2D eigenvalue weighted by molar-refractivity contribution is 6.30. The highest BCUT2D eigenvalue weighted by Gasteiger charge is 2.30. The van der Waals surface area contributed by atoms with Crippen molar-refractivity contribution in [2.45, 2.75) is 18.9 Å². The van der Waals surface area contributed by atoms with Gasteiger partial charge in [-0.15, -0.1) is 0 Å². The number of carbonyl (C=O) groups is 2. The molecule has 2 amide bonds. The summed E-state index contributed by atoms with van der Waals surface area (Å²) in [4.78, 5) is 28.4. The maximum absolute atomic E-state index is 12.4. The molecule has 118 valence electrons. The van der Waals surface area contributed by atoms with Crippen LogP contribution in [0.2, 0.25) is 5.02 Å². The molecule has 1 unspecified atom stereocenters. The van der Waals surface area contributed by atoms with Crippen molar-refractivity contribution in [2.75, 3.05) is 32.7 Å². The van der Waals surface area contributed by atoms with E-state index in [1.165, 1.54) is 0 Å². The Bertz CT molecular complexity index is 547. The van der Waals surface area contributed by atoms with Crippen LogP contribution in [0.1, 0.15) is 23.2 Å². The van der Waals surface area contributed by atoms with Gasteiger partial charge in [-0.25, -0.2) is 0 Å². The maximum Gasteiger partial charge on any atom is 0.253 e. The van der Waals surface area contributed by atoms with Crippen molar-refractivity contribution in [3.05, 3.63) is 34.9 Å². The van der Waals surface area contributed by atoms with Gasteiger partial charge in [-0.3, -0.25) is 9.59 Å². The third-order valence-electron chi connectivity index (χ3n) is 4.33. The van der Waals surface area contributed by atoms with Gasteiger partial charge in [-0.2, -0.15) is 0 Å². The Morgan fingerprint density at radius 1 is 1.05 bits per heavy atom. The Morgan fingerprint density at radius 3 is 2.27 bits per heavy atom. The van der Waals surface area contributed by atoms with Gasteiger partial charge in [-0.05, 0) is 43.7 Å². The molecule has 2 heterocycles. The second-order valence-electron chi connectivity index (χ2n) is 5.77. The minimum atomic E-state index is -0.0292. The van der Waals surface area contributed by atoms with Crippen molar-refractivity contribution in [3.63, 3.8) is 0 Å². The number of piperazine rings is 1. The van der Waals surface area contributed by atoms with Gasteiger partial charge in [0.1, 0.15) is 0 Å². The van der Waals surface area contributed by atoms with E-state index in [9.17, 15) is 9.59 Å². The first-order valence-corrected chi connectivity index (χ1v) is 8.10. The number of halogens is 1. The van der Waals surface area contributed by atoms with E-state index in [0.29, 0.717) is 36.8 Å². The minimum Gasteiger partial charge on any atom is -0.338 e. The summed E-state index contributed by atoms with van der Waals surface area (Å²) in [6.45, 7) is 3.30. The number of hydrogen-bond donors (Lipinski definition) is 1. The van der Waals surface area contributed by atoms with E-state index in [2.05, 4.69) is 5.32 Å². The van der Waals surface area contributed by atoms with E-state index < -0.39 is 0 Å². The normalized spacial score (nSPS) is 22.0. The summed E-state index contributed by atoms with van der Waals surface area (Å²) in [5.41, 5.74) is 0.640. The summed E-state index contributed by atoms with van der Waals surface area (Å²) in [6, 6.07) is 6.90. The fourth-order valence-electron chi connectivity index (χ4n) is 3.02. The van der Waals surface area contributed by atoms with Gasteiger partial charge < -0.3 is 15.1 Å². The van der Waals surface area contributed by atoms with Gasteiger partial charge in [0.2, 0.25) is 5.91 Å². The lowest BCUT2D eigenvalue weighted by atomic mass is 10.1. The fourth-order valence-corrected chi connectivity index (χ4v) is 3.15. The minimum absolute atomic E-state index is 0.00255. The molecule has 2 fully saturated rings. The smallest absolute Gasteiger partial charge is 0.253 e. The lowest BCUT2D eigenvalue weighted by Crippen LogP contribution is -2.54. The van der Waals surface area contributed by atoms with Crippen molar-refractivity contribution in [3.8, 4) is 0 Å². The van der Waals surface area contributed by atoms with E-state index in [1.54, 1.807) is 29.2 Å². The summed E-state index contributed by atoms with van der Waals surface area (Å²) >= 11 is 5.84. The predicted octanol–water partition coefficient (Wildman–Crippen LogP) is 1.38. The van der Waals surface area contributed by atoms with E-state index in [-0.39, 0.29) is 17.9 Å². The molecule has 0 aromatic heterocycles. The van der Waals surface area contributed by atoms with Gasteiger partial charge in [0.15, 0.2) is 0 Å². The van der Waals surface area contributed by atoms with Gasteiger partial charge in [0.25, 0.3) is 5.91 Å². The van der Waals surface area contributed by atoms with Crippen LogP contribution in [0, 0.1) is 0 Å². The molecule has 1 atom stereocenters. The number of benzene rings is 1. The molecule has 0 bridgehead atoms. The second-order valence-corrected chi connectivity index (χ2v) is 6.21. The Hall–Kier alpha value is -1.59. The van der Waals surface area contributed by atoms with Crippen LogP contribution in [-0.4, -0.2) is 60.4 Å². The molecule has 1 aromatic rings. The molecule has 3 rings (SSSR count). The summed E-state index contributed by atoms with van der Waals surface area (Å²) in [5.74, 6) is 0.179. The summed E-state index contributed by atoms with van der Waals surface area (Å²) in [7, 11) is 0. The number of amides is 2. The van der Waals surface area contributed by atoms with Gasteiger partial charge in [0, 0.05) is 36.8 Å². The van der Waals surface area contributed by atoms with Gasteiger partial charge in [0.05, 0.1) is 6.04 Å². The molecule has 0 aliphatic carbocycles. The van der Waals surface area contributed by atoms with Crippen LogP contribution in [0.25, 0.3) is 0 Å². The maximum atomic E-state index is 12.4. The van der Waals surface area contributed by atoms with Crippen molar-refractivity contribution in [2.24, 2.45) is 0 Å². The lowest BCUT2D eigenvalue weighted by Gasteiger charge is -2.36. The number of nitrogens with zero attached hydrogens (tertiary/aromatic N) is 2. The third kappa shape index (κ3) is 3.25. The number of carbonyl (C=O) groups excluding carboxylic acids is 2. The standard InChI is InChI=1S/C16H20ClN3O2/c17-13-5-3-12(4-6-13)15(21)19-8-10-20(11-9-19)16(22)14-2-1-7-18-14/h3-6,14,18H,1-2,7-11H2. The zero-order chi connectivity index (χ0) is 15.5. The summed E-state index contributed by atoms with van der Waals surface area (Å²) in [5, 5.41) is 3.86. The summed E-state index contributed by atoms with van der Waals surface area (Å²) in [6.07, 6.45) is 1.98. The van der Waals surface area contributed by atoms with Crippen LogP contribution >= 0.6 is 11.6 Å². The van der Waals surface area contributed by atoms with E-state index in [1.807, 2.05) is 4.90 Å². The van der Waals surface area contributed by atoms with Crippen LogP contribution < -0.4 is 5.32 Å². The number of nitrogens with one attached hydrogen (secondary N) is 1. The zero-order valence-electron chi connectivity index (χ0n) is 12.4. The first-order valence-electron chi connectivity index (χ1n) is 7.72. The van der Waals surface area contributed by atoms with Crippen LogP contribution in [0.4, 0.5) is 0 Å². The SMILES string of the molecule is O=C(c1ccc(Cl)cc1)N1CCN(C(=O)C2CCCN2)CC1. The van der Waals surface area contributed by atoms with Crippen molar-refractivity contribution in [1.29, 1.82) is 0 Å². The molecule has 0 saturated carbocycles. The van der Waals surface area contributed by atoms with Crippen LogP contribution in [-0.2, 0) is 4.79 Å². The topological polar surface area (TPSA) is 52.7 Å². The van der Waals surface area contributed by atoms with Gasteiger partial charge in [-0.1, -0.05) is 11.6 Å². The Labute approximate surface area is 135 Å². The van der Waals surface area contributed by atoms with Crippen LogP contribution in [0.15, 0.2) is 24.3 Å². The molecule has 0 spiro atoms. The third-order valence-corrected chi connectivity index (χ3v) is 4.58. The van der Waals surface area contributed by atoms with E-state index in [0.717, 1.165) is 19.4 Å². The second kappa shape index (κ2) is 6.67. The summed E-state index contributed by atoms with van der Waals surface area (Å²) < 4.78 is 0. The molecule has 1 N–H and O–H groups in total. The van der Waals surface area contributed by atoms with E-state index >= 15 is 0 Å². The average molecular weight is 322 g/mol. The first-order chi connectivity index (χ1) is 10.6. The van der Waals surface area contributed by atoms with Crippen molar-refractivity contribution >= 4 is 23.4 Å². The molecule has 2 saturated heterocycles. The average Bonchev–Trinajstić information content (AvgIpc) is 3.09. The number of rotatable bonds is 2. The lowest BCUT2D eigenvalue weighted by molar-refractivity contribution is -0.134. The van der Waals surface area contributed by atoms with Crippen molar-refractivity contribution in [1.82, 2.24) is 15.1 Å². The monoisotopic (exact) mass is 321 g/mol. The highest BCUT2D eigenvalue weighted by Crippen LogP contribution is 2.15. The Kier molecular flexibility index (Phi) is 4.64. The van der Waals surface area contributed by atoms with Crippen LogP contribution in [0.5, 0.6) is 0 Å². The van der Waals surface area contributed by atoms with Crippen molar-refractivity contribution < 1.29 is 9.59 Å². The Balaban J connectivity index is 1.56. The molecule has 1 aromatic carbocycles. The predicted molar refractivity (Wildman–Crippen MR) is 85.0 cm³/mol. The molecular weight excluding hydrogens is 302 g/mol. The Morgan fingerprint density at radius 2 is 1.68 bits per heavy atom. The van der Waals surface area contributed by atoms with E-state index in [4.69, 9.17) is 11.6 Å². The zero-order valence-corrected chi connectivity index (χ0v) is 13.2. The molecular formula is C16H20ClN3O2. The van der Waals surface area contributed by atoms with Gasteiger partial charge >= 0.3 is 0 Å². The molecule has 2 aliphatic heterocycles. The number of hydrogen-bond acceptors (Lipinski definition) is 3. The molecule has 22 heavy (non-hydrogen) atoms. The highest BCUT2D eigenvalue weighted by atomic mass is 35.5. The fraction of sp³-hybridized carbons (Fsp3) is 0.500.